The minimum atomic E-state index is -0.427. The van der Waals surface area contributed by atoms with Crippen molar-refractivity contribution in [1.29, 1.82) is 0 Å². The number of piperidine rings is 2. The Labute approximate surface area is 328 Å². The van der Waals surface area contributed by atoms with Gasteiger partial charge in [-0.25, -0.2) is 0 Å². The van der Waals surface area contributed by atoms with E-state index in [0.717, 1.165) is 91.1 Å². The molecule has 0 aliphatic carbocycles. The maximum atomic E-state index is 12.3. The summed E-state index contributed by atoms with van der Waals surface area (Å²) in [7, 11) is 0. The highest BCUT2D eigenvalue weighted by molar-refractivity contribution is 5.69. The van der Waals surface area contributed by atoms with Crippen LogP contribution in [0.3, 0.4) is 0 Å². The molecule has 0 aromatic rings. The van der Waals surface area contributed by atoms with Gasteiger partial charge in [0.1, 0.15) is 12.2 Å². The van der Waals surface area contributed by atoms with Crippen LogP contribution in [-0.2, 0) is 28.5 Å². The van der Waals surface area contributed by atoms with Crippen molar-refractivity contribution in [3.8, 4) is 0 Å². The monoisotopic (exact) mass is 769 g/mol. The van der Waals surface area contributed by atoms with Crippen molar-refractivity contribution >= 4 is 11.9 Å². The van der Waals surface area contributed by atoms with Crippen molar-refractivity contribution in [3.63, 3.8) is 0 Å². The van der Waals surface area contributed by atoms with Crippen LogP contribution >= 0.6 is 0 Å². The SMILES string of the molecule is C(CCCN1CCOCC1)CCN1CCOCC1.CC1(C)CC(OC(=O)CCCCCCCCC(=O)OC2CC(C)(C)N(O)C(C)(C)C2)CC(C)(C)N1O. The van der Waals surface area contributed by atoms with Crippen LogP contribution in [0, 0.1) is 0 Å². The minimum absolute atomic E-state index is 0.154. The van der Waals surface area contributed by atoms with Crippen LogP contribution in [0.25, 0.3) is 0 Å². The molecule has 4 heterocycles. The van der Waals surface area contributed by atoms with E-state index in [4.69, 9.17) is 18.9 Å². The first-order valence-electron chi connectivity index (χ1n) is 21.4. The van der Waals surface area contributed by atoms with Gasteiger partial charge in [0.05, 0.1) is 26.4 Å². The van der Waals surface area contributed by atoms with E-state index in [0.29, 0.717) is 38.5 Å². The molecule has 0 aromatic carbocycles. The number of carbonyl (C=O) groups excluding carboxylic acids is 2. The van der Waals surface area contributed by atoms with E-state index in [1.165, 1.54) is 48.9 Å². The number of morpholine rings is 2. The van der Waals surface area contributed by atoms with Crippen LogP contribution in [-0.4, -0.2) is 142 Å². The Balaban J connectivity index is 0.000000362. The van der Waals surface area contributed by atoms with Gasteiger partial charge in [0.15, 0.2) is 0 Å². The maximum absolute atomic E-state index is 12.3. The average Bonchev–Trinajstić information content (AvgIpc) is 3.09. The highest BCUT2D eigenvalue weighted by Gasteiger charge is 2.47. The summed E-state index contributed by atoms with van der Waals surface area (Å²) in [6, 6.07) is 0. The van der Waals surface area contributed by atoms with E-state index < -0.39 is 22.2 Å². The van der Waals surface area contributed by atoms with E-state index in [1.807, 2.05) is 55.4 Å². The van der Waals surface area contributed by atoms with Gasteiger partial charge in [-0.3, -0.25) is 19.4 Å². The summed E-state index contributed by atoms with van der Waals surface area (Å²) in [5, 5.41) is 23.6. The summed E-state index contributed by atoms with van der Waals surface area (Å²) >= 11 is 0. The van der Waals surface area contributed by atoms with Crippen molar-refractivity contribution in [1.82, 2.24) is 19.9 Å². The highest BCUT2D eigenvalue weighted by Crippen LogP contribution is 2.39. The average molecular weight is 769 g/mol. The van der Waals surface area contributed by atoms with Crippen LogP contribution in [0.15, 0.2) is 0 Å². The number of hydrogen-bond donors (Lipinski definition) is 2. The van der Waals surface area contributed by atoms with Crippen molar-refractivity contribution in [2.24, 2.45) is 0 Å². The van der Waals surface area contributed by atoms with Gasteiger partial charge in [0.25, 0.3) is 0 Å². The largest absolute Gasteiger partial charge is 0.462 e. The molecule has 4 rings (SSSR count). The fourth-order valence-corrected chi connectivity index (χ4v) is 8.93. The molecule has 0 saturated carbocycles. The molecule has 2 N–H and O–H groups in total. The Morgan fingerprint density at radius 2 is 0.778 bits per heavy atom. The van der Waals surface area contributed by atoms with E-state index in [2.05, 4.69) is 9.80 Å². The Bertz CT molecular complexity index is 970. The van der Waals surface area contributed by atoms with Gasteiger partial charge >= 0.3 is 11.9 Å². The number of esters is 2. The molecule has 4 fully saturated rings. The van der Waals surface area contributed by atoms with Crippen molar-refractivity contribution in [2.45, 2.75) is 192 Å². The number of unbranched alkanes of at least 4 members (excludes halogenated alkanes) is 8. The van der Waals surface area contributed by atoms with E-state index >= 15 is 0 Å². The predicted octanol–water partition coefficient (Wildman–Crippen LogP) is 7.23. The van der Waals surface area contributed by atoms with Gasteiger partial charge in [-0.15, -0.1) is 0 Å². The lowest BCUT2D eigenvalue weighted by Crippen LogP contribution is -2.60. The van der Waals surface area contributed by atoms with Crippen LogP contribution in [0.4, 0.5) is 0 Å². The molecule has 316 valence electrons. The molecule has 0 spiro atoms. The Hall–Kier alpha value is -1.38. The molecule has 0 atom stereocenters. The normalized spacial score (nSPS) is 24.0. The van der Waals surface area contributed by atoms with Crippen LogP contribution < -0.4 is 0 Å². The fourth-order valence-electron chi connectivity index (χ4n) is 8.93. The molecule has 12 heteroatoms. The first-order valence-corrected chi connectivity index (χ1v) is 21.4. The number of hydroxylamine groups is 4. The highest BCUT2D eigenvalue weighted by atomic mass is 16.6. The summed E-state index contributed by atoms with van der Waals surface area (Å²) in [5.74, 6) is -0.307. The van der Waals surface area contributed by atoms with Gasteiger partial charge in [0, 0.05) is 86.9 Å². The first-order chi connectivity index (χ1) is 25.4. The number of nitrogens with zero attached hydrogens (tertiary/aromatic N) is 4. The second-order valence-corrected chi connectivity index (χ2v) is 18.9. The van der Waals surface area contributed by atoms with Crippen molar-refractivity contribution in [2.75, 3.05) is 65.7 Å². The summed E-state index contributed by atoms with van der Waals surface area (Å²) < 4.78 is 22.2. The van der Waals surface area contributed by atoms with E-state index in [1.54, 1.807) is 0 Å². The third-order valence-corrected chi connectivity index (χ3v) is 11.7. The van der Waals surface area contributed by atoms with Crippen LogP contribution in [0.2, 0.25) is 0 Å². The van der Waals surface area contributed by atoms with Gasteiger partial charge in [0.2, 0.25) is 0 Å². The lowest BCUT2D eigenvalue weighted by atomic mass is 9.80. The second kappa shape index (κ2) is 22.5. The smallest absolute Gasteiger partial charge is 0.306 e. The summed E-state index contributed by atoms with van der Waals surface area (Å²) in [6.45, 7) is 26.5. The zero-order valence-corrected chi connectivity index (χ0v) is 35.7. The lowest BCUT2D eigenvalue weighted by Gasteiger charge is -2.50. The molecular weight excluding hydrogens is 688 g/mol. The topological polar surface area (TPSA) is 124 Å². The van der Waals surface area contributed by atoms with E-state index in [9.17, 15) is 20.0 Å². The number of rotatable bonds is 18. The molecule has 4 saturated heterocycles. The Morgan fingerprint density at radius 1 is 0.500 bits per heavy atom. The van der Waals surface area contributed by atoms with Gasteiger partial charge in [-0.05, 0) is 94.2 Å². The Morgan fingerprint density at radius 3 is 1.09 bits per heavy atom. The molecule has 54 heavy (non-hydrogen) atoms. The summed E-state index contributed by atoms with van der Waals surface area (Å²) in [6.07, 6.45) is 14.1. The number of carbonyl (C=O) groups is 2. The number of hydrogen-bond acceptors (Lipinski definition) is 12. The van der Waals surface area contributed by atoms with Gasteiger partial charge < -0.3 is 29.4 Å². The molecular formula is C42H80N4O8. The van der Waals surface area contributed by atoms with Gasteiger partial charge in [-0.2, -0.15) is 10.1 Å². The van der Waals surface area contributed by atoms with Crippen LogP contribution in [0.5, 0.6) is 0 Å². The van der Waals surface area contributed by atoms with E-state index in [-0.39, 0.29) is 24.1 Å². The zero-order valence-electron chi connectivity index (χ0n) is 35.7. The predicted molar refractivity (Wildman–Crippen MR) is 212 cm³/mol. The standard InChI is InChI=1S/C28H52N2O6.C14H28N2O2/c1-25(2)17-21(18-26(3,4)29(25)33)35-23(31)15-13-11-9-10-12-14-16-24(32)36-22-19-27(5,6)30(34)28(7,8)20-22;1(3-5-15-7-11-17-12-8-15)2-4-6-16-9-13-18-14-10-16/h21-22,33-34H,9-20H2,1-8H3;1-14H2. The molecule has 4 aliphatic heterocycles. The third kappa shape index (κ3) is 16.6. The molecule has 0 aromatic heterocycles. The summed E-state index contributed by atoms with van der Waals surface area (Å²) in [4.78, 5) is 29.7. The van der Waals surface area contributed by atoms with Crippen molar-refractivity contribution in [3.05, 3.63) is 0 Å². The molecule has 0 radical (unpaired) electrons. The van der Waals surface area contributed by atoms with Gasteiger partial charge in [-0.1, -0.05) is 38.5 Å². The quantitative estimate of drug-likeness (QED) is 0.108. The molecule has 12 nitrogen and oxygen atoms in total. The minimum Gasteiger partial charge on any atom is -0.462 e. The summed E-state index contributed by atoms with van der Waals surface area (Å²) in [5.41, 5.74) is -1.71. The molecule has 0 amide bonds. The molecule has 0 bridgehead atoms. The first kappa shape index (κ1) is 47.0. The van der Waals surface area contributed by atoms with Crippen molar-refractivity contribution < 1.29 is 39.0 Å². The maximum Gasteiger partial charge on any atom is 0.306 e. The molecule has 0 unspecified atom stereocenters. The van der Waals surface area contributed by atoms with Crippen LogP contribution in [0.1, 0.15) is 158 Å². The molecule has 4 aliphatic rings. The second-order valence-electron chi connectivity index (χ2n) is 18.9. The fraction of sp³-hybridized carbons (Fsp3) is 0.952. The number of ether oxygens (including phenoxy) is 4. The zero-order chi connectivity index (χ0) is 39.8. The third-order valence-electron chi connectivity index (χ3n) is 11.7. The Kier molecular flexibility index (Phi) is 19.6. The lowest BCUT2D eigenvalue weighted by molar-refractivity contribution is -0.259.